The summed E-state index contributed by atoms with van der Waals surface area (Å²) in [4.78, 5) is 12.0. The SMILES string of the molecule is NC(=O)CC1(Cl)OCCN1CO. The quantitative estimate of drug-likeness (QED) is 0.448. The molecule has 1 saturated heterocycles. The second-order valence-corrected chi connectivity index (χ2v) is 3.18. The maximum Gasteiger partial charge on any atom is 0.223 e. The predicted octanol–water partition coefficient (Wildman–Crippen LogP) is -0.964. The Bertz CT molecular complexity index is 190. The first-order valence-corrected chi connectivity index (χ1v) is 3.93. The highest BCUT2D eigenvalue weighted by molar-refractivity contribution is 6.23. The van der Waals surface area contributed by atoms with E-state index in [0.29, 0.717) is 13.2 Å². The third-order valence-electron chi connectivity index (χ3n) is 1.72. The summed E-state index contributed by atoms with van der Waals surface area (Å²) in [5.74, 6) is -0.551. The molecule has 0 radical (unpaired) electrons. The van der Waals surface area contributed by atoms with Gasteiger partial charge in [-0.1, -0.05) is 11.6 Å². The van der Waals surface area contributed by atoms with Gasteiger partial charge in [-0.25, -0.2) is 4.90 Å². The Kier molecular flexibility index (Phi) is 2.89. The van der Waals surface area contributed by atoms with Gasteiger partial charge in [-0.15, -0.1) is 0 Å². The second kappa shape index (κ2) is 3.57. The van der Waals surface area contributed by atoms with E-state index in [4.69, 9.17) is 27.2 Å². The number of hydrogen-bond acceptors (Lipinski definition) is 4. The zero-order valence-electron chi connectivity index (χ0n) is 6.49. The van der Waals surface area contributed by atoms with Crippen LogP contribution in [0.3, 0.4) is 0 Å². The number of carbonyl (C=O) groups excluding carboxylic acids is 1. The van der Waals surface area contributed by atoms with E-state index in [-0.39, 0.29) is 13.2 Å². The number of aliphatic hydroxyl groups is 1. The Morgan fingerprint density at radius 3 is 3.00 bits per heavy atom. The molecule has 1 atom stereocenters. The van der Waals surface area contributed by atoms with Gasteiger partial charge in [0.15, 0.2) is 0 Å². The fraction of sp³-hybridized carbons (Fsp3) is 0.833. The molecule has 5 nitrogen and oxygen atoms in total. The van der Waals surface area contributed by atoms with Gasteiger partial charge in [0.25, 0.3) is 0 Å². The highest BCUT2D eigenvalue weighted by Gasteiger charge is 2.41. The number of ether oxygens (including phenoxy) is 1. The number of hydrogen-bond donors (Lipinski definition) is 2. The van der Waals surface area contributed by atoms with Gasteiger partial charge in [-0.05, 0) is 0 Å². The first kappa shape index (κ1) is 9.73. The van der Waals surface area contributed by atoms with Crippen LogP contribution in [0.5, 0.6) is 0 Å². The average Bonchev–Trinajstić information content (AvgIpc) is 2.28. The molecule has 0 aromatic rings. The van der Waals surface area contributed by atoms with Gasteiger partial charge in [0.05, 0.1) is 19.8 Å². The van der Waals surface area contributed by atoms with Crippen molar-refractivity contribution in [2.24, 2.45) is 5.73 Å². The predicted molar refractivity (Wildman–Crippen MR) is 42.1 cm³/mol. The molecule has 1 fully saturated rings. The first-order chi connectivity index (χ1) is 5.58. The summed E-state index contributed by atoms with van der Waals surface area (Å²) in [6.07, 6.45) is -0.116. The monoisotopic (exact) mass is 194 g/mol. The highest BCUT2D eigenvalue weighted by atomic mass is 35.5. The molecule has 1 heterocycles. The summed E-state index contributed by atoms with van der Waals surface area (Å²) in [5, 5.41) is 7.59. The van der Waals surface area contributed by atoms with Crippen LogP contribution >= 0.6 is 11.6 Å². The fourth-order valence-corrected chi connectivity index (χ4v) is 1.47. The van der Waals surface area contributed by atoms with E-state index >= 15 is 0 Å². The van der Waals surface area contributed by atoms with Gasteiger partial charge in [-0.2, -0.15) is 0 Å². The van der Waals surface area contributed by atoms with Crippen molar-refractivity contribution >= 4 is 17.5 Å². The molecule has 0 aliphatic carbocycles. The van der Waals surface area contributed by atoms with Gasteiger partial charge in [0, 0.05) is 6.54 Å². The number of nitrogens with zero attached hydrogens (tertiary/aromatic N) is 1. The maximum absolute atomic E-state index is 10.6. The van der Waals surface area contributed by atoms with Crippen molar-refractivity contribution in [3.8, 4) is 0 Å². The third-order valence-corrected chi connectivity index (χ3v) is 2.20. The number of carbonyl (C=O) groups is 1. The van der Waals surface area contributed by atoms with Crippen molar-refractivity contribution in [3.05, 3.63) is 0 Å². The minimum Gasteiger partial charge on any atom is -0.381 e. The van der Waals surface area contributed by atoms with Crippen molar-refractivity contribution in [3.63, 3.8) is 0 Å². The summed E-state index contributed by atoms with van der Waals surface area (Å²) >= 11 is 5.87. The first-order valence-electron chi connectivity index (χ1n) is 3.55. The lowest BCUT2D eigenvalue weighted by Crippen LogP contribution is -2.43. The average molecular weight is 195 g/mol. The van der Waals surface area contributed by atoms with Gasteiger partial charge in [0.2, 0.25) is 11.1 Å². The van der Waals surface area contributed by atoms with Gasteiger partial charge < -0.3 is 15.6 Å². The highest BCUT2D eigenvalue weighted by Crippen LogP contribution is 2.30. The molecule has 0 spiro atoms. The number of amides is 1. The standard InChI is InChI=1S/C6H11ClN2O3/c7-6(3-5(8)11)9(4-10)1-2-12-6/h10H,1-4H2,(H2,8,11). The zero-order valence-corrected chi connectivity index (χ0v) is 7.25. The van der Waals surface area contributed by atoms with Crippen LogP contribution in [-0.4, -0.2) is 41.0 Å². The summed E-state index contributed by atoms with van der Waals surface area (Å²) in [6, 6.07) is 0. The van der Waals surface area contributed by atoms with Crippen LogP contribution in [-0.2, 0) is 9.53 Å². The number of alkyl halides is 1. The Morgan fingerprint density at radius 2 is 2.50 bits per heavy atom. The van der Waals surface area contributed by atoms with Crippen LogP contribution in [0.15, 0.2) is 0 Å². The lowest BCUT2D eigenvalue weighted by Gasteiger charge is -2.27. The Morgan fingerprint density at radius 1 is 1.83 bits per heavy atom. The molecular formula is C6H11ClN2O3. The van der Waals surface area contributed by atoms with E-state index in [0.717, 1.165) is 0 Å². The minimum atomic E-state index is -1.24. The number of halogens is 1. The largest absolute Gasteiger partial charge is 0.381 e. The lowest BCUT2D eigenvalue weighted by atomic mass is 10.3. The number of nitrogens with two attached hydrogens (primary N) is 1. The summed E-state index contributed by atoms with van der Waals surface area (Å²) < 4.78 is 5.09. The van der Waals surface area contributed by atoms with Crippen LogP contribution in [0, 0.1) is 0 Å². The molecule has 1 amide bonds. The summed E-state index contributed by atoms with van der Waals surface area (Å²) in [7, 11) is 0. The van der Waals surface area contributed by atoms with E-state index in [1.165, 1.54) is 4.90 Å². The number of aliphatic hydroxyl groups excluding tert-OH is 1. The Hall–Kier alpha value is -0.360. The van der Waals surface area contributed by atoms with Crippen LogP contribution in [0.1, 0.15) is 6.42 Å². The molecule has 1 unspecified atom stereocenters. The van der Waals surface area contributed by atoms with E-state index in [1.807, 2.05) is 0 Å². The maximum atomic E-state index is 10.6. The molecule has 6 heteroatoms. The molecule has 3 N–H and O–H groups in total. The van der Waals surface area contributed by atoms with E-state index in [1.54, 1.807) is 0 Å². The van der Waals surface area contributed by atoms with Crippen LogP contribution in [0.25, 0.3) is 0 Å². The zero-order chi connectivity index (χ0) is 9.19. The van der Waals surface area contributed by atoms with Crippen molar-refractivity contribution in [1.29, 1.82) is 0 Å². The van der Waals surface area contributed by atoms with Crippen LogP contribution in [0.4, 0.5) is 0 Å². The molecule has 12 heavy (non-hydrogen) atoms. The Balaban J connectivity index is 2.61. The fourth-order valence-electron chi connectivity index (χ4n) is 1.12. The smallest absolute Gasteiger partial charge is 0.223 e. The van der Waals surface area contributed by atoms with E-state index in [9.17, 15) is 4.79 Å². The van der Waals surface area contributed by atoms with Crippen LogP contribution < -0.4 is 5.73 Å². The molecule has 0 aromatic carbocycles. The minimum absolute atomic E-state index is 0.116. The van der Waals surface area contributed by atoms with Gasteiger partial charge in [-0.3, -0.25) is 4.79 Å². The molecule has 1 aliphatic heterocycles. The lowest BCUT2D eigenvalue weighted by molar-refractivity contribution is -0.125. The summed E-state index contributed by atoms with van der Waals surface area (Å²) in [5.41, 5.74) is 4.96. The van der Waals surface area contributed by atoms with Crippen molar-refractivity contribution in [2.45, 2.75) is 11.6 Å². The van der Waals surface area contributed by atoms with E-state index < -0.39 is 11.1 Å². The van der Waals surface area contributed by atoms with Gasteiger partial charge >= 0.3 is 0 Å². The molecule has 1 rings (SSSR count). The molecule has 0 bridgehead atoms. The molecule has 0 saturated carbocycles. The van der Waals surface area contributed by atoms with Crippen molar-refractivity contribution in [1.82, 2.24) is 4.90 Å². The molecule has 70 valence electrons. The van der Waals surface area contributed by atoms with Crippen molar-refractivity contribution < 1.29 is 14.6 Å². The topological polar surface area (TPSA) is 75.8 Å². The summed E-state index contributed by atoms with van der Waals surface area (Å²) in [6.45, 7) is 0.668. The normalized spacial score (nSPS) is 30.8. The third kappa shape index (κ3) is 1.87. The van der Waals surface area contributed by atoms with Crippen molar-refractivity contribution in [2.75, 3.05) is 19.9 Å². The van der Waals surface area contributed by atoms with Gasteiger partial charge in [0.1, 0.15) is 0 Å². The number of rotatable bonds is 3. The molecule has 0 aromatic heterocycles. The van der Waals surface area contributed by atoms with Crippen LogP contribution in [0.2, 0.25) is 0 Å². The second-order valence-electron chi connectivity index (χ2n) is 2.59. The molecular weight excluding hydrogens is 184 g/mol. The Labute approximate surface area is 75.0 Å². The van der Waals surface area contributed by atoms with E-state index in [2.05, 4.69) is 0 Å². The number of primary amides is 1. The molecule has 1 aliphatic rings.